The highest BCUT2D eigenvalue weighted by molar-refractivity contribution is 7.17. The van der Waals surface area contributed by atoms with Crippen molar-refractivity contribution in [2.45, 2.75) is 18.6 Å². The van der Waals surface area contributed by atoms with Crippen molar-refractivity contribution in [2.75, 3.05) is 6.54 Å². The van der Waals surface area contributed by atoms with Crippen molar-refractivity contribution in [3.05, 3.63) is 26.6 Å². The smallest absolute Gasteiger partial charge is 0.330 e. The van der Waals surface area contributed by atoms with Crippen LogP contribution in [0.5, 0.6) is 0 Å². The van der Waals surface area contributed by atoms with E-state index in [1.807, 2.05) is 0 Å². The Morgan fingerprint density at radius 1 is 1.59 bits per heavy atom. The lowest BCUT2D eigenvalue weighted by Gasteiger charge is -2.15. The number of nitrogens with zero attached hydrogens (tertiary/aromatic N) is 1. The summed E-state index contributed by atoms with van der Waals surface area (Å²) < 4.78 is 0. The number of aliphatic hydroxyl groups is 2. The first kappa shape index (κ1) is 13.7. The Morgan fingerprint density at radius 2 is 2.24 bits per heavy atom. The number of nitro groups is 1. The highest BCUT2D eigenvalue weighted by Gasteiger charge is 2.28. The Bertz CT molecular complexity index is 420. The highest BCUT2D eigenvalue weighted by atomic mass is 32.1. The summed E-state index contributed by atoms with van der Waals surface area (Å²) in [5, 5.41) is 29.6. The summed E-state index contributed by atoms with van der Waals surface area (Å²) >= 11 is 0.662. The average Bonchev–Trinajstić information content (AvgIpc) is 2.72. The third kappa shape index (κ3) is 3.07. The van der Waals surface area contributed by atoms with Gasteiger partial charge in [0.15, 0.2) is 6.29 Å². The maximum Gasteiger partial charge on any atom is 0.330 e. The fraction of sp³-hybridized carbons (Fsp3) is 0.444. The van der Waals surface area contributed by atoms with Gasteiger partial charge in [0.25, 0.3) is 0 Å². The van der Waals surface area contributed by atoms with E-state index >= 15 is 0 Å². The molecule has 8 heteroatoms. The van der Waals surface area contributed by atoms with E-state index in [1.54, 1.807) is 0 Å². The van der Waals surface area contributed by atoms with Gasteiger partial charge in [-0.15, -0.1) is 0 Å². The molecule has 0 saturated carbocycles. The second-order valence-corrected chi connectivity index (χ2v) is 4.44. The number of hydrogen-bond donors (Lipinski definition) is 3. The Morgan fingerprint density at radius 3 is 2.71 bits per heavy atom. The van der Waals surface area contributed by atoms with Gasteiger partial charge in [-0.05, 0) is 19.0 Å². The zero-order valence-corrected chi connectivity index (χ0v) is 9.59. The number of hydrogen-bond acceptors (Lipinski definition) is 7. The first-order valence-electron chi connectivity index (χ1n) is 4.80. The third-order valence-corrected chi connectivity index (χ3v) is 3.21. The Hall–Kier alpha value is -1.35. The zero-order valence-electron chi connectivity index (χ0n) is 8.78. The van der Waals surface area contributed by atoms with E-state index in [-0.39, 0.29) is 28.4 Å². The molecule has 1 heterocycles. The molecule has 0 radical (unpaired) electrons. The summed E-state index contributed by atoms with van der Waals surface area (Å²) in [4.78, 5) is 20.7. The van der Waals surface area contributed by atoms with Gasteiger partial charge in [0, 0.05) is 0 Å². The molecule has 0 amide bonds. The Kier molecular flexibility index (Phi) is 4.70. The number of nitrogens with two attached hydrogens (primary N) is 1. The van der Waals surface area contributed by atoms with Gasteiger partial charge in [-0.25, -0.2) is 0 Å². The van der Waals surface area contributed by atoms with Gasteiger partial charge in [-0.3, -0.25) is 14.9 Å². The quantitative estimate of drug-likeness (QED) is 0.381. The van der Waals surface area contributed by atoms with Crippen LogP contribution >= 0.6 is 11.3 Å². The molecule has 2 unspecified atom stereocenters. The predicted molar refractivity (Wildman–Crippen MR) is 61.0 cm³/mol. The van der Waals surface area contributed by atoms with Crippen molar-refractivity contribution in [3.63, 3.8) is 0 Å². The van der Waals surface area contributed by atoms with Gasteiger partial charge in [0.05, 0.1) is 21.5 Å². The summed E-state index contributed by atoms with van der Waals surface area (Å²) in [7, 11) is 0. The van der Waals surface area contributed by atoms with Crippen molar-refractivity contribution in [3.8, 4) is 0 Å². The van der Waals surface area contributed by atoms with Crippen LogP contribution in [-0.2, 0) is 0 Å². The molecule has 1 rings (SSSR count). The minimum atomic E-state index is -1.41. The van der Waals surface area contributed by atoms with E-state index in [2.05, 4.69) is 0 Å². The van der Waals surface area contributed by atoms with Crippen molar-refractivity contribution in [2.24, 2.45) is 5.73 Å². The molecule has 0 aromatic carbocycles. The van der Waals surface area contributed by atoms with Gasteiger partial charge in [-0.1, -0.05) is 11.3 Å². The lowest BCUT2D eigenvalue weighted by atomic mass is 10.0. The van der Waals surface area contributed by atoms with Gasteiger partial charge in [0.2, 0.25) is 0 Å². The zero-order chi connectivity index (χ0) is 13.0. The SMILES string of the molecule is NCCC(O)C(O)c1cc(C=O)sc1[N+](=O)[O-]. The number of rotatable bonds is 6. The first-order chi connectivity index (χ1) is 8.01. The van der Waals surface area contributed by atoms with Crippen molar-refractivity contribution >= 4 is 22.6 Å². The minimum absolute atomic E-state index is 0.0527. The maximum atomic E-state index is 10.7. The molecule has 0 bridgehead atoms. The highest BCUT2D eigenvalue weighted by Crippen LogP contribution is 2.35. The first-order valence-corrected chi connectivity index (χ1v) is 5.62. The lowest BCUT2D eigenvalue weighted by Crippen LogP contribution is -2.21. The molecule has 0 fully saturated rings. The van der Waals surface area contributed by atoms with E-state index in [0.29, 0.717) is 17.6 Å². The van der Waals surface area contributed by atoms with Crippen molar-refractivity contribution in [1.82, 2.24) is 0 Å². The van der Waals surface area contributed by atoms with Crippen LogP contribution in [0.25, 0.3) is 0 Å². The molecule has 1 aromatic rings. The van der Waals surface area contributed by atoms with Gasteiger partial charge >= 0.3 is 5.00 Å². The molecule has 0 aliphatic rings. The molecule has 0 saturated heterocycles. The third-order valence-electron chi connectivity index (χ3n) is 2.19. The van der Waals surface area contributed by atoms with Gasteiger partial charge < -0.3 is 15.9 Å². The maximum absolute atomic E-state index is 10.7. The van der Waals surface area contributed by atoms with Gasteiger partial charge in [-0.2, -0.15) is 0 Å². The Balaban J connectivity index is 3.06. The second kappa shape index (κ2) is 5.82. The minimum Gasteiger partial charge on any atom is -0.390 e. The van der Waals surface area contributed by atoms with Crippen LogP contribution in [0.4, 0.5) is 5.00 Å². The van der Waals surface area contributed by atoms with Crippen LogP contribution < -0.4 is 5.73 Å². The molecule has 94 valence electrons. The molecule has 17 heavy (non-hydrogen) atoms. The van der Waals surface area contributed by atoms with Crippen LogP contribution in [-0.4, -0.2) is 34.1 Å². The van der Waals surface area contributed by atoms with Crippen LogP contribution in [0.2, 0.25) is 0 Å². The van der Waals surface area contributed by atoms with E-state index in [4.69, 9.17) is 5.73 Å². The number of aldehydes is 1. The molecule has 1 aromatic heterocycles. The largest absolute Gasteiger partial charge is 0.390 e. The van der Waals surface area contributed by atoms with Crippen molar-refractivity contribution in [1.29, 1.82) is 0 Å². The molecule has 2 atom stereocenters. The average molecular weight is 260 g/mol. The standard InChI is InChI=1S/C9H12N2O5S/c10-2-1-7(13)8(14)6-3-5(4-12)17-9(6)11(15)16/h3-4,7-8,13-14H,1-2,10H2. The van der Waals surface area contributed by atoms with Crippen LogP contribution in [0.15, 0.2) is 6.07 Å². The molecule has 0 spiro atoms. The van der Waals surface area contributed by atoms with E-state index in [1.165, 1.54) is 6.07 Å². The molecule has 0 aliphatic carbocycles. The molecule has 4 N–H and O–H groups in total. The molecular formula is C9H12N2O5S. The summed E-state index contributed by atoms with van der Waals surface area (Å²) in [6.45, 7) is 0.150. The van der Waals surface area contributed by atoms with Crippen LogP contribution in [0.1, 0.15) is 27.8 Å². The number of carbonyl (C=O) groups is 1. The number of aliphatic hydroxyl groups excluding tert-OH is 2. The monoisotopic (exact) mass is 260 g/mol. The normalized spacial score (nSPS) is 14.3. The van der Waals surface area contributed by atoms with E-state index < -0.39 is 17.1 Å². The fourth-order valence-electron chi connectivity index (χ4n) is 1.36. The summed E-state index contributed by atoms with van der Waals surface area (Å²) in [5.41, 5.74) is 5.16. The summed E-state index contributed by atoms with van der Waals surface area (Å²) in [5.74, 6) is 0. The molecule has 7 nitrogen and oxygen atoms in total. The molecule has 0 aliphatic heterocycles. The van der Waals surface area contributed by atoms with E-state index in [0.717, 1.165) is 0 Å². The predicted octanol–water partition coefficient (Wildman–Crippen LogP) is 0.212. The van der Waals surface area contributed by atoms with Crippen LogP contribution in [0, 0.1) is 10.1 Å². The topological polar surface area (TPSA) is 127 Å². The lowest BCUT2D eigenvalue weighted by molar-refractivity contribution is -0.381. The van der Waals surface area contributed by atoms with Gasteiger partial charge in [0.1, 0.15) is 6.10 Å². The number of carbonyl (C=O) groups excluding carboxylic acids is 1. The second-order valence-electron chi connectivity index (χ2n) is 3.37. The number of thiophene rings is 1. The summed E-state index contributed by atoms with van der Waals surface area (Å²) in [6.07, 6.45) is -2.02. The van der Waals surface area contributed by atoms with E-state index in [9.17, 15) is 25.1 Å². The fourth-order valence-corrected chi connectivity index (χ4v) is 2.19. The Labute approximate surface area is 101 Å². The van der Waals surface area contributed by atoms with Crippen LogP contribution in [0.3, 0.4) is 0 Å². The molecular weight excluding hydrogens is 248 g/mol. The summed E-state index contributed by atoms with van der Waals surface area (Å²) in [6, 6.07) is 1.21. The van der Waals surface area contributed by atoms with Crippen molar-refractivity contribution < 1.29 is 19.9 Å².